The second-order valence-corrected chi connectivity index (χ2v) is 7.64. The van der Waals surface area contributed by atoms with E-state index in [1.54, 1.807) is 0 Å². The zero-order chi connectivity index (χ0) is 20.0. The van der Waals surface area contributed by atoms with Crippen molar-refractivity contribution in [2.45, 2.75) is 116 Å². The van der Waals surface area contributed by atoms with Gasteiger partial charge in [-0.05, 0) is 6.42 Å². The lowest BCUT2D eigenvalue weighted by Gasteiger charge is -2.05. The third kappa shape index (κ3) is 22.7. The Morgan fingerprint density at radius 3 is 1.41 bits per heavy atom. The summed E-state index contributed by atoms with van der Waals surface area (Å²) < 4.78 is 0. The predicted octanol–water partition coefficient (Wildman–Crippen LogP) is 6.02. The molecule has 0 radical (unpaired) electrons. The number of hydrogen-bond acceptors (Lipinski definition) is 2. The Morgan fingerprint density at radius 1 is 0.593 bits per heavy atom. The summed E-state index contributed by atoms with van der Waals surface area (Å²) in [6.07, 6.45) is 20.6. The van der Waals surface area contributed by atoms with Crippen molar-refractivity contribution in [1.82, 2.24) is 10.6 Å². The maximum Gasteiger partial charge on any atom is 0.404 e. The van der Waals surface area contributed by atoms with E-state index in [2.05, 4.69) is 17.6 Å². The fourth-order valence-electron chi connectivity index (χ4n) is 3.27. The van der Waals surface area contributed by atoms with Crippen LogP contribution in [0.2, 0.25) is 0 Å². The average Bonchev–Trinajstić information content (AvgIpc) is 2.64. The van der Waals surface area contributed by atoms with Gasteiger partial charge in [-0.2, -0.15) is 0 Å². The van der Waals surface area contributed by atoms with E-state index in [1.165, 1.54) is 89.9 Å². The summed E-state index contributed by atoms with van der Waals surface area (Å²) in [4.78, 5) is 21.7. The molecule has 0 heterocycles. The number of carbonyl (C=O) groups is 2. The molecule has 0 fully saturated rings. The van der Waals surface area contributed by atoms with Crippen LogP contribution in [0.3, 0.4) is 0 Å². The van der Waals surface area contributed by atoms with Crippen molar-refractivity contribution in [2.24, 2.45) is 0 Å². The number of hydrogen-bond donors (Lipinski definition) is 3. The highest BCUT2D eigenvalue weighted by molar-refractivity contribution is 5.76. The summed E-state index contributed by atoms with van der Waals surface area (Å²) in [7, 11) is 0. The fraction of sp³-hybridized carbons (Fsp3) is 0.909. The lowest BCUT2D eigenvalue weighted by molar-refractivity contribution is -0.120. The fourth-order valence-corrected chi connectivity index (χ4v) is 3.27. The van der Waals surface area contributed by atoms with Crippen LogP contribution in [-0.4, -0.2) is 30.2 Å². The minimum absolute atomic E-state index is 0.0790. The lowest BCUT2D eigenvalue weighted by Crippen LogP contribution is -2.30. The van der Waals surface area contributed by atoms with Crippen LogP contribution in [0.5, 0.6) is 0 Å². The Hall–Kier alpha value is -1.26. The standard InChI is InChI=1S/C22H44N2O3/c1-2-3-4-5-6-7-8-9-10-11-12-13-14-15-16-17-19-23-21(25)18-20-24-22(26)27/h24H,2-20H2,1H3,(H,23,25)(H,26,27). The highest BCUT2D eigenvalue weighted by Crippen LogP contribution is 2.13. The van der Waals surface area contributed by atoms with E-state index < -0.39 is 6.09 Å². The van der Waals surface area contributed by atoms with E-state index in [1.807, 2.05) is 0 Å². The van der Waals surface area contributed by atoms with Gasteiger partial charge in [0.05, 0.1) is 0 Å². The van der Waals surface area contributed by atoms with Crippen LogP contribution in [0.1, 0.15) is 116 Å². The molecule has 0 rings (SSSR count). The highest BCUT2D eigenvalue weighted by Gasteiger charge is 2.01. The molecule has 0 aromatic rings. The third-order valence-electron chi connectivity index (χ3n) is 4.98. The molecule has 0 aliphatic carbocycles. The predicted molar refractivity (Wildman–Crippen MR) is 113 cm³/mol. The number of carboxylic acid groups (broad SMARTS) is 1. The van der Waals surface area contributed by atoms with Gasteiger partial charge in [-0.3, -0.25) is 4.79 Å². The van der Waals surface area contributed by atoms with Crippen LogP contribution >= 0.6 is 0 Å². The Labute approximate surface area is 167 Å². The van der Waals surface area contributed by atoms with Crippen molar-refractivity contribution >= 4 is 12.0 Å². The molecule has 0 spiro atoms. The topological polar surface area (TPSA) is 78.4 Å². The first-order valence-electron chi connectivity index (χ1n) is 11.4. The van der Waals surface area contributed by atoms with Gasteiger partial charge in [0.25, 0.3) is 0 Å². The zero-order valence-corrected chi connectivity index (χ0v) is 17.7. The summed E-state index contributed by atoms with van der Waals surface area (Å²) >= 11 is 0. The Morgan fingerprint density at radius 2 is 1.00 bits per heavy atom. The van der Waals surface area contributed by atoms with Crippen molar-refractivity contribution in [3.05, 3.63) is 0 Å². The SMILES string of the molecule is CCCCCCCCCCCCCCCCCCNC(=O)CCNC(=O)O. The molecular formula is C22H44N2O3. The molecule has 3 N–H and O–H groups in total. The van der Waals surface area contributed by atoms with Crippen molar-refractivity contribution in [3.8, 4) is 0 Å². The van der Waals surface area contributed by atoms with Gasteiger partial charge in [0.1, 0.15) is 0 Å². The molecule has 27 heavy (non-hydrogen) atoms. The van der Waals surface area contributed by atoms with Crippen molar-refractivity contribution in [3.63, 3.8) is 0 Å². The molecule has 0 bridgehead atoms. The van der Waals surface area contributed by atoms with E-state index in [0.717, 1.165) is 12.8 Å². The van der Waals surface area contributed by atoms with Gasteiger partial charge in [0.2, 0.25) is 5.91 Å². The molecular weight excluding hydrogens is 340 g/mol. The van der Waals surface area contributed by atoms with Crippen LogP contribution in [0.4, 0.5) is 4.79 Å². The van der Waals surface area contributed by atoms with E-state index in [-0.39, 0.29) is 18.9 Å². The lowest BCUT2D eigenvalue weighted by atomic mass is 10.0. The average molecular weight is 385 g/mol. The molecule has 5 heteroatoms. The van der Waals surface area contributed by atoms with Crippen LogP contribution in [0, 0.1) is 0 Å². The molecule has 0 aromatic carbocycles. The Bertz CT molecular complexity index is 348. The largest absolute Gasteiger partial charge is 0.465 e. The number of carbonyl (C=O) groups excluding carboxylic acids is 1. The molecule has 0 aliphatic rings. The first-order valence-corrected chi connectivity index (χ1v) is 11.4. The molecule has 0 atom stereocenters. The smallest absolute Gasteiger partial charge is 0.404 e. The minimum Gasteiger partial charge on any atom is -0.465 e. The summed E-state index contributed by atoms with van der Waals surface area (Å²) in [6.45, 7) is 3.15. The second-order valence-electron chi connectivity index (χ2n) is 7.64. The first kappa shape index (κ1) is 25.7. The number of unbranched alkanes of at least 4 members (excludes halogenated alkanes) is 15. The van der Waals surface area contributed by atoms with Crippen LogP contribution in [0.15, 0.2) is 0 Å². The number of amides is 2. The first-order chi connectivity index (χ1) is 13.2. The van der Waals surface area contributed by atoms with E-state index in [4.69, 9.17) is 5.11 Å². The van der Waals surface area contributed by atoms with Gasteiger partial charge in [0, 0.05) is 19.5 Å². The van der Waals surface area contributed by atoms with Crippen LogP contribution < -0.4 is 10.6 Å². The third-order valence-corrected chi connectivity index (χ3v) is 4.98. The van der Waals surface area contributed by atoms with Gasteiger partial charge in [-0.15, -0.1) is 0 Å². The Balaban J connectivity index is 3.10. The maximum absolute atomic E-state index is 11.4. The van der Waals surface area contributed by atoms with E-state index in [9.17, 15) is 9.59 Å². The normalized spacial score (nSPS) is 10.7. The second kappa shape index (κ2) is 21.0. The molecule has 0 aliphatic heterocycles. The van der Waals surface area contributed by atoms with Crippen LogP contribution in [0.25, 0.3) is 0 Å². The molecule has 0 saturated carbocycles. The molecule has 160 valence electrons. The minimum atomic E-state index is -1.08. The van der Waals surface area contributed by atoms with Gasteiger partial charge in [0.15, 0.2) is 0 Å². The molecule has 0 unspecified atom stereocenters. The summed E-state index contributed by atoms with van der Waals surface area (Å²) in [5.41, 5.74) is 0. The Kier molecular flexibility index (Phi) is 20.1. The van der Waals surface area contributed by atoms with Gasteiger partial charge in [-0.1, -0.05) is 103 Å². The molecule has 2 amide bonds. The van der Waals surface area contributed by atoms with E-state index in [0.29, 0.717) is 6.54 Å². The summed E-state index contributed by atoms with van der Waals surface area (Å²) in [5.74, 6) is -0.0790. The van der Waals surface area contributed by atoms with Gasteiger partial charge < -0.3 is 15.7 Å². The van der Waals surface area contributed by atoms with Gasteiger partial charge in [-0.25, -0.2) is 4.79 Å². The van der Waals surface area contributed by atoms with Gasteiger partial charge >= 0.3 is 6.09 Å². The van der Waals surface area contributed by atoms with E-state index >= 15 is 0 Å². The molecule has 0 saturated heterocycles. The highest BCUT2D eigenvalue weighted by atomic mass is 16.4. The summed E-state index contributed by atoms with van der Waals surface area (Å²) in [6, 6.07) is 0. The van der Waals surface area contributed by atoms with Crippen LogP contribution in [-0.2, 0) is 4.79 Å². The number of rotatable bonds is 20. The number of nitrogens with one attached hydrogen (secondary N) is 2. The summed E-state index contributed by atoms with van der Waals surface area (Å²) in [5, 5.41) is 13.4. The molecule has 5 nitrogen and oxygen atoms in total. The monoisotopic (exact) mass is 384 g/mol. The van der Waals surface area contributed by atoms with Crippen molar-refractivity contribution in [2.75, 3.05) is 13.1 Å². The van der Waals surface area contributed by atoms with Crippen molar-refractivity contribution < 1.29 is 14.7 Å². The quantitative estimate of drug-likeness (QED) is 0.224. The van der Waals surface area contributed by atoms with Crippen molar-refractivity contribution in [1.29, 1.82) is 0 Å². The molecule has 0 aromatic heterocycles. The zero-order valence-electron chi connectivity index (χ0n) is 17.7. The maximum atomic E-state index is 11.4.